The molecule has 41 heavy (non-hydrogen) atoms. The number of urea groups is 1. The maximum Gasteiger partial charge on any atom is 0.319 e. The molecule has 0 atom stereocenters. The summed E-state index contributed by atoms with van der Waals surface area (Å²) < 4.78 is 6.01. The highest BCUT2D eigenvalue weighted by atomic mass is 16.5. The Morgan fingerprint density at radius 1 is 0.976 bits per heavy atom. The van der Waals surface area contributed by atoms with Gasteiger partial charge in [0.05, 0.1) is 11.2 Å². The largest absolute Gasteiger partial charge is 0.492 e. The number of hydrogen-bond donors (Lipinski definition) is 3. The van der Waals surface area contributed by atoms with Crippen LogP contribution in [0.4, 0.5) is 16.2 Å². The molecule has 2 amide bonds. The number of aryl methyl sites for hydroxylation is 1. The van der Waals surface area contributed by atoms with Crippen molar-refractivity contribution >= 4 is 28.4 Å². The molecule has 3 aromatic carbocycles. The number of ether oxygens (including phenoxy) is 1. The summed E-state index contributed by atoms with van der Waals surface area (Å²) in [4.78, 5) is 25.6. The number of hydrogen-bond acceptors (Lipinski definition) is 5. The van der Waals surface area contributed by atoms with Gasteiger partial charge in [0.25, 0.3) is 0 Å². The lowest BCUT2D eigenvalue weighted by molar-refractivity contribution is 0.200. The van der Waals surface area contributed by atoms with Crippen molar-refractivity contribution < 1.29 is 9.53 Å². The van der Waals surface area contributed by atoms with E-state index in [1.807, 2.05) is 24.3 Å². The van der Waals surface area contributed by atoms with Gasteiger partial charge < -0.3 is 25.3 Å². The second-order valence-electron chi connectivity index (χ2n) is 11.1. The Morgan fingerprint density at radius 2 is 1.73 bits per heavy atom. The summed E-state index contributed by atoms with van der Waals surface area (Å²) in [5, 5.41) is 5.97. The van der Waals surface area contributed by atoms with Crippen LogP contribution in [0.1, 0.15) is 38.2 Å². The topological polar surface area (TPSA) is 85.5 Å². The maximum absolute atomic E-state index is 12.2. The minimum Gasteiger partial charge on any atom is -0.492 e. The lowest BCUT2D eigenvalue weighted by atomic mass is 10.1. The highest BCUT2D eigenvalue weighted by molar-refractivity contribution is 5.91. The Hall–Kier alpha value is -4.04. The third kappa shape index (κ3) is 6.65. The molecule has 1 aromatic heterocycles. The summed E-state index contributed by atoms with van der Waals surface area (Å²) in [6.45, 7) is 7.55. The number of aromatic nitrogens is 2. The molecule has 0 unspecified atom stereocenters. The van der Waals surface area contributed by atoms with Gasteiger partial charge in [0, 0.05) is 50.0 Å². The monoisotopic (exact) mass is 552 g/mol. The van der Waals surface area contributed by atoms with Crippen LogP contribution in [-0.2, 0) is 6.42 Å². The SMILES string of the molecule is CCc1ccc(-c2nc3c(N4CCN(CCOc5ccc(NC(=O)NC6CCCC6)cc5)CC4)cccc3[nH]2)cc1. The highest BCUT2D eigenvalue weighted by Crippen LogP contribution is 2.29. The molecule has 8 heteroatoms. The molecule has 0 bridgehead atoms. The molecule has 0 spiro atoms. The van der Waals surface area contributed by atoms with E-state index in [-0.39, 0.29) is 6.03 Å². The van der Waals surface area contributed by atoms with Gasteiger partial charge in [-0.1, -0.05) is 50.1 Å². The minimum atomic E-state index is -0.129. The van der Waals surface area contributed by atoms with Crippen LogP contribution < -0.4 is 20.3 Å². The van der Waals surface area contributed by atoms with Crippen LogP contribution in [0.15, 0.2) is 66.7 Å². The second-order valence-corrected chi connectivity index (χ2v) is 11.1. The average Bonchev–Trinajstić information content (AvgIpc) is 3.68. The fraction of sp³-hybridized carbons (Fsp3) is 0.394. The Kier molecular flexibility index (Phi) is 8.37. The molecule has 2 heterocycles. The van der Waals surface area contributed by atoms with Crippen LogP contribution >= 0.6 is 0 Å². The van der Waals surface area contributed by atoms with Gasteiger partial charge in [0.2, 0.25) is 0 Å². The van der Waals surface area contributed by atoms with Gasteiger partial charge in [-0.25, -0.2) is 9.78 Å². The Labute approximate surface area is 242 Å². The zero-order chi connectivity index (χ0) is 28.0. The molecule has 1 aliphatic heterocycles. The summed E-state index contributed by atoms with van der Waals surface area (Å²) in [7, 11) is 0. The van der Waals surface area contributed by atoms with Crippen molar-refractivity contribution in [1.82, 2.24) is 20.2 Å². The minimum absolute atomic E-state index is 0.129. The highest BCUT2D eigenvalue weighted by Gasteiger charge is 2.20. The molecule has 2 aliphatic rings. The fourth-order valence-electron chi connectivity index (χ4n) is 5.87. The third-order valence-corrected chi connectivity index (χ3v) is 8.32. The van der Waals surface area contributed by atoms with Crippen molar-refractivity contribution in [2.24, 2.45) is 0 Å². The van der Waals surface area contributed by atoms with E-state index in [1.54, 1.807) is 0 Å². The predicted molar refractivity (Wildman–Crippen MR) is 166 cm³/mol. The number of carbonyl (C=O) groups excluding carboxylic acids is 1. The molecule has 1 saturated heterocycles. The number of fused-ring (bicyclic) bond motifs is 1. The number of para-hydroxylation sites is 1. The molecule has 214 valence electrons. The number of piperazine rings is 1. The predicted octanol–water partition coefficient (Wildman–Crippen LogP) is 6.06. The number of nitrogens with one attached hydrogen (secondary N) is 3. The van der Waals surface area contributed by atoms with E-state index in [0.717, 1.165) is 85.8 Å². The standard InChI is InChI=1S/C33H40N6O2/c1-2-24-10-12-25(13-11-24)32-36-29-8-5-9-30(31(29)37-32)39-20-18-38(19-21-39)22-23-41-28-16-14-27(15-17-28)35-33(40)34-26-6-3-4-7-26/h5,8-17,26H,2-4,6-7,18-23H2,1H3,(H,36,37)(H2,34,35,40). The van der Waals surface area contributed by atoms with E-state index in [0.29, 0.717) is 12.6 Å². The number of H-pyrrole nitrogens is 1. The average molecular weight is 553 g/mol. The molecule has 6 rings (SSSR count). The van der Waals surface area contributed by atoms with Crippen molar-refractivity contribution in [1.29, 1.82) is 0 Å². The molecule has 2 fully saturated rings. The number of carbonyl (C=O) groups is 1. The van der Waals surface area contributed by atoms with Crippen molar-refractivity contribution in [2.75, 3.05) is 49.5 Å². The van der Waals surface area contributed by atoms with Crippen LogP contribution in [0.25, 0.3) is 22.4 Å². The van der Waals surface area contributed by atoms with Gasteiger partial charge in [-0.3, -0.25) is 4.90 Å². The van der Waals surface area contributed by atoms with Gasteiger partial charge in [-0.15, -0.1) is 0 Å². The van der Waals surface area contributed by atoms with Gasteiger partial charge >= 0.3 is 6.03 Å². The number of amides is 2. The molecule has 4 aromatic rings. The Morgan fingerprint density at radius 3 is 2.46 bits per heavy atom. The van der Waals surface area contributed by atoms with Gasteiger partial charge in [-0.05, 0) is 61.2 Å². The first-order valence-electron chi connectivity index (χ1n) is 15.0. The van der Waals surface area contributed by atoms with Crippen molar-refractivity contribution in [3.05, 3.63) is 72.3 Å². The van der Waals surface area contributed by atoms with E-state index >= 15 is 0 Å². The first-order valence-corrected chi connectivity index (χ1v) is 15.0. The summed E-state index contributed by atoms with van der Waals surface area (Å²) in [5.41, 5.74) is 6.52. The fourth-order valence-corrected chi connectivity index (χ4v) is 5.87. The van der Waals surface area contributed by atoms with Gasteiger partial charge in [0.1, 0.15) is 23.7 Å². The van der Waals surface area contributed by atoms with E-state index in [4.69, 9.17) is 9.72 Å². The normalized spacial score (nSPS) is 16.3. The molecule has 0 radical (unpaired) electrons. The lowest BCUT2D eigenvalue weighted by Crippen LogP contribution is -2.47. The zero-order valence-electron chi connectivity index (χ0n) is 23.9. The molecule has 1 aliphatic carbocycles. The molecule has 1 saturated carbocycles. The first kappa shape index (κ1) is 27.1. The van der Waals surface area contributed by atoms with Gasteiger partial charge in [-0.2, -0.15) is 0 Å². The molecule has 8 nitrogen and oxygen atoms in total. The summed E-state index contributed by atoms with van der Waals surface area (Å²) in [5.74, 6) is 1.73. The number of benzene rings is 3. The van der Waals surface area contributed by atoms with Crippen molar-refractivity contribution in [2.45, 2.75) is 45.1 Å². The number of rotatable bonds is 9. The quantitative estimate of drug-likeness (QED) is 0.235. The van der Waals surface area contributed by atoms with Crippen LogP contribution in [0.2, 0.25) is 0 Å². The van der Waals surface area contributed by atoms with E-state index in [2.05, 4.69) is 74.8 Å². The molecular formula is C33H40N6O2. The summed E-state index contributed by atoms with van der Waals surface area (Å²) in [6.07, 6.45) is 5.58. The lowest BCUT2D eigenvalue weighted by Gasteiger charge is -2.36. The van der Waals surface area contributed by atoms with Crippen molar-refractivity contribution in [3.63, 3.8) is 0 Å². The zero-order valence-corrected chi connectivity index (χ0v) is 23.9. The molecular weight excluding hydrogens is 512 g/mol. The maximum atomic E-state index is 12.2. The second kappa shape index (κ2) is 12.6. The summed E-state index contributed by atoms with van der Waals surface area (Å²) in [6, 6.07) is 22.9. The summed E-state index contributed by atoms with van der Waals surface area (Å²) >= 11 is 0. The van der Waals surface area contributed by atoms with Gasteiger partial charge in [0.15, 0.2) is 0 Å². The Balaban J connectivity index is 0.972. The van der Waals surface area contributed by atoms with Crippen molar-refractivity contribution in [3.8, 4) is 17.1 Å². The third-order valence-electron chi connectivity index (χ3n) is 8.32. The first-order chi connectivity index (χ1) is 20.1. The Bertz CT molecular complexity index is 1440. The van der Waals surface area contributed by atoms with Crippen LogP contribution in [-0.4, -0.2) is 66.3 Å². The van der Waals surface area contributed by atoms with Crippen LogP contribution in [0.3, 0.4) is 0 Å². The molecule has 3 N–H and O–H groups in total. The van der Waals surface area contributed by atoms with E-state index in [9.17, 15) is 4.79 Å². The van der Waals surface area contributed by atoms with E-state index < -0.39 is 0 Å². The van der Waals surface area contributed by atoms with Crippen LogP contribution in [0, 0.1) is 0 Å². The van der Waals surface area contributed by atoms with Crippen LogP contribution in [0.5, 0.6) is 5.75 Å². The van der Waals surface area contributed by atoms with E-state index in [1.165, 1.54) is 24.1 Å². The number of nitrogens with zero attached hydrogens (tertiary/aromatic N) is 3. The smallest absolute Gasteiger partial charge is 0.319 e. The number of aromatic amines is 1. The number of anilines is 2. The number of imidazole rings is 1.